The molecule has 0 bridgehead atoms. The van der Waals surface area contributed by atoms with Gasteiger partial charge in [0.1, 0.15) is 12.4 Å². The van der Waals surface area contributed by atoms with E-state index < -0.39 is 0 Å². The second-order valence-corrected chi connectivity index (χ2v) is 2.97. The highest BCUT2D eigenvalue weighted by molar-refractivity contribution is 5.81. The first-order valence-corrected chi connectivity index (χ1v) is 4.98. The summed E-state index contributed by atoms with van der Waals surface area (Å²) in [5, 5.41) is 2.91. The Kier molecular flexibility index (Phi) is 5.55. The van der Waals surface area contributed by atoms with Crippen molar-refractivity contribution >= 4 is 5.97 Å². The summed E-state index contributed by atoms with van der Waals surface area (Å²) in [6.07, 6.45) is 2.86. The molecule has 0 aromatic heterocycles. The Morgan fingerprint density at radius 1 is 1.38 bits per heavy atom. The Morgan fingerprint density at radius 3 is 2.81 bits per heavy atom. The lowest BCUT2D eigenvalue weighted by Gasteiger charge is -2.05. The Bertz CT molecular complexity index is 335. The summed E-state index contributed by atoms with van der Waals surface area (Å²) >= 11 is 0. The molecule has 0 fully saturated rings. The van der Waals surface area contributed by atoms with E-state index in [4.69, 9.17) is 4.74 Å². The van der Waals surface area contributed by atoms with Crippen LogP contribution in [0.15, 0.2) is 42.6 Å². The van der Waals surface area contributed by atoms with Crippen molar-refractivity contribution in [1.82, 2.24) is 5.32 Å². The minimum Gasteiger partial charge on any atom is -0.492 e. The summed E-state index contributed by atoms with van der Waals surface area (Å²) in [4.78, 5) is 10.7. The molecular weight excluding hydrogens is 206 g/mol. The Morgan fingerprint density at radius 2 is 2.12 bits per heavy atom. The molecule has 0 unspecified atom stereocenters. The molecule has 0 amide bonds. The number of hydrogen-bond donors (Lipinski definition) is 1. The summed E-state index contributed by atoms with van der Waals surface area (Å²) in [6, 6.07) is 9.55. The maximum Gasteiger partial charge on any atom is 0.331 e. The van der Waals surface area contributed by atoms with Crippen LogP contribution in [0.4, 0.5) is 0 Å². The smallest absolute Gasteiger partial charge is 0.331 e. The number of para-hydroxylation sites is 1. The van der Waals surface area contributed by atoms with Crippen LogP contribution >= 0.6 is 0 Å². The summed E-state index contributed by atoms with van der Waals surface area (Å²) < 4.78 is 9.86. The van der Waals surface area contributed by atoms with Gasteiger partial charge >= 0.3 is 5.97 Å². The largest absolute Gasteiger partial charge is 0.492 e. The van der Waals surface area contributed by atoms with Gasteiger partial charge in [0.25, 0.3) is 0 Å². The van der Waals surface area contributed by atoms with E-state index in [0.29, 0.717) is 13.2 Å². The van der Waals surface area contributed by atoms with Gasteiger partial charge in [0.2, 0.25) is 0 Å². The SMILES string of the molecule is COC(=O)/C=C/NCCOc1ccccc1. The van der Waals surface area contributed by atoms with Crippen LogP contribution in [0.2, 0.25) is 0 Å². The average molecular weight is 221 g/mol. The molecule has 0 atom stereocenters. The molecule has 0 saturated carbocycles. The van der Waals surface area contributed by atoms with Crippen molar-refractivity contribution in [2.45, 2.75) is 0 Å². The first-order chi connectivity index (χ1) is 7.83. The third-order valence-corrected chi connectivity index (χ3v) is 1.80. The summed E-state index contributed by atoms with van der Waals surface area (Å²) in [5.74, 6) is 0.456. The van der Waals surface area contributed by atoms with Crippen molar-refractivity contribution in [3.8, 4) is 5.75 Å². The molecule has 1 N–H and O–H groups in total. The van der Waals surface area contributed by atoms with Gasteiger partial charge in [-0.3, -0.25) is 0 Å². The maximum absolute atomic E-state index is 10.7. The minimum atomic E-state index is -0.378. The van der Waals surface area contributed by atoms with Gasteiger partial charge < -0.3 is 14.8 Å². The standard InChI is InChI=1S/C12H15NO3/c1-15-12(14)7-8-13-9-10-16-11-5-3-2-4-6-11/h2-8,13H,9-10H2,1H3/b8-7+. The van der Waals surface area contributed by atoms with Crippen molar-refractivity contribution in [2.24, 2.45) is 0 Å². The maximum atomic E-state index is 10.7. The minimum absolute atomic E-state index is 0.378. The van der Waals surface area contributed by atoms with Gasteiger partial charge in [-0.25, -0.2) is 4.79 Å². The van der Waals surface area contributed by atoms with Gasteiger partial charge in [0, 0.05) is 18.8 Å². The van der Waals surface area contributed by atoms with Gasteiger partial charge in [-0.1, -0.05) is 18.2 Å². The van der Waals surface area contributed by atoms with Crippen LogP contribution in [0.3, 0.4) is 0 Å². The number of benzene rings is 1. The highest BCUT2D eigenvalue weighted by Gasteiger charge is 1.91. The predicted octanol–water partition coefficient (Wildman–Crippen LogP) is 1.34. The van der Waals surface area contributed by atoms with Crippen molar-refractivity contribution in [3.63, 3.8) is 0 Å². The number of methoxy groups -OCH3 is 1. The van der Waals surface area contributed by atoms with Gasteiger partial charge in [-0.15, -0.1) is 0 Å². The summed E-state index contributed by atoms with van der Waals surface area (Å²) in [7, 11) is 1.34. The topological polar surface area (TPSA) is 47.6 Å². The first kappa shape index (κ1) is 12.1. The Balaban J connectivity index is 2.09. The fraction of sp³-hybridized carbons (Fsp3) is 0.250. The molecular formula is C12H15NO3. The molecule has 4 heteroatoms. The van der Waals surface area contributed by atoms with E-state index >= 15 is 0 Å². The number of rotatable bonds is 6. The number of esters is 1. The van der Waals surface area contributed by atoms with E-state index in [2.05, 4.69) is 10.1 Å². The molecule has 0 heterocycles. The number of nitrogens with one attached hydrogen (secondary N) is 1. The highest BCUT2D eigenvalue weighted by atomic mass is 16.5. The van der Waals surface area contributed by atoms with Crippen molar-refractivity contribution in [2.75, 3.05) is 20.3 Å². The van der Waals surface area contributed by atoms with E-state index in [9.17, 15) is 4.79 Å². The van der Waals surface area contributed by atoms with Crippen LogP contribution in [0.25, 0.3) is 0 Å². The van der Waals surface area contributed by atoms with Crippen molar-refractivity contribution < 1.29 is 14.3 Å². The Hall–Kier alpha value is -1.97. The summed E-state index contributed by atoms with van der Waals surface area (Å²) in [5.41, 5.74) is 0. The third-order valence-electron chi connectivity index (χ3n) is 1.80. The third kappa shape index (κ3) is 5.05. The van der Waals surface area contributed by atoms with Crippen molar-refractivity contribution in [1.29, 1.82) is 0 Å². The number of hydrogen-bond acceptors (Lipinski definition) is 4. The lowest BCUT2D eigenvalue weighted by atomic mass is 10.3. The van der Waals surface area contributed by atoms with Crippen LogP contribution < -0.4 is 10.1 Å². The van der Waals surface area contributed by atoms with Crippen LogP contribution in [0.1, 0.15) is 0 Å². The van der Waals surface area contributed by atoms with Crippen LogP contribution in [-0.2, 0) is 9.53 Å². The normalized spacial score (nSPS) is 10.1. The average Bonchev–Trinajstić information content (AvgIpc) is 2.34. The van der Waals surface area contributed by atoms with E-state index in [1.807, 2.05) is 30.3 Å². The molecule has 0 radical (unpaired) electrons. The van der Waals surface area contributed by atoms with Crippen molar-refractivity contribution in [3.05, 3.63) is 42.6 Å². The zero-order valence-electron chi connectivity index (χ0n) is 9.18. The molecule has 0 aliphatic rings. The zero-order valence-corrected chi connectivity index (χ0v) is 9.18. The molecule has 1 aromatic rings. The second kappa shape index (κ2) is 7.34. The monoisotopic (exact) mass is 221 g/mol. The van der Waals surface area contributed by atoms with Gasteiger partial charge in [0.05, 0.1) is 7.11 Å². The van der Waals surface area contributed by atoms with Crippen LogP contribution in [0.5, 0.6) is 5.75 Å². The van der Waals surface area contributed by atoms with E-state index in [-0.39, 0.29) is 5.97 Å². The quantitative estimate of drug-likeness (QED) is 0.447. The fourth-order valence-corrected chi connectivity index (χ4v) is 1.02. The molecule has 0 aliphatic heterocycles. The lowest BCUT2D eigenvalue weighted by Crippen LogP contribution is -2.15. The Labute approximate surface area is 94.9 Å². The number of carbonyl (C=O) groups excluding carboxylic acids is 1. The zero-order chi connectivity index (χ0) is 11.6. The lowest BCUT2D eigenvalue weighted by molar-refractivity contribution is -0.134. The number of carbonyl (C=O) groups is 1. The second-order valence-electron chi connectivity index (χ2n) is 2.97. The molecule has 1 rings (SSSR count). The molecule has 16 heavy (non-hydrogen) atoms. The van der Waals surface area contributed by atoms with E-state index in [1.54, 1.807) is 6.20 Å². The molecule has 86 valence electrons. The van der Waals surface area contributed by atoms with Gasteiger partial charge in [-0.2, -0.15) is 0 Å². The molecule has 4 nitrogen and oxygen atoms in total. The molecule has 0 saturated heterocycles. The fourth-order valence-electron chi connectivity index (χ4n) is 1.02. The highest BCUT2D eigenvalue weighted by Crippen LogP contribution is 2.07. The molecule has 1 aromatic carbocycles. The first-order valence-electron chi connectivity index (χ1n) is 4.98. The number of ether oxygens (including phenoxy) is 2. The van der Waals surface area contributed by atoms with E-state index in [0.717, 1.165) is 5.75 Å². The van der Waals surface area contributed by atoms with Gasteiger partial charge in [0.15, 0.2) is 0 Å². The molecule has 0 aliphatic carbocycles. The summed E-state index contributed by atoms with van der Waals surface area (Å²) in [6.45, 7) is 1.16. The van der Waals surface area contributed by atoms with Crippen LogP contribution in [-0.4, -0.2) is 26.2 Å². The van der Waals surface area contributed by atoms with Gasteiger partial charge in [-0.05, 0) is 12.1 Å². The van der Waals surface area contributed by atoms with E-state index in [1.165, 1.54) is 13.2 Å². The predicted molar refractivity (Wildman–Crippen MR) is 61.1 cm³/mol. The van der Waals surface area contributed by atoms with Crippen LogP contribution in [0, 0.1) is 0 Å². The molecule has 0 spiro atoms.